The maximum Gasteiger partial charge on any atom is 0.237 e. The summed E-state index contributed by atoms with van der Waals surface area (Å²) >= 11 is 0. The Morgan fingerprint density at radius 3 is 2.89 bits per heavy atom. The fourth-order valence-corrected chi connectivity index (χ4v) is 3.13. The van der Waals surface area contributed by atoms with Gasteiger partial charge in [-0.25, -0.2) is 0 Å². The van der Waals surface area contributed by atoms with Crippen LogP contribution in [0.2, 0.25) is 0 Å². The molecule has 18 heavy (non-hydrogen) atoms. The van der Waals surface area contributed by atoms with Crippen LogP contribution in [0, 0.1) is 5.92 Å². The molecule has 2 N–H and O–H groups in total. The number of likely N-dealkylation sites (tertiary alicyclic amines) is 1. The Bertz CT molecular complexity index is 282. The molecule has 2 rings (SSSR count). The fourth-order valence-electron chi connectivity index (χ4n) is 3.13. The number of piperidine rings is 2. The van der Waals surface area contributed by atoms with Crippen molar-refractivity contribution < 1.29 is 4.79 Å². The highest BCUT2D eigenvalue weighted by molar-refractivity contribution is 5.82. The predicted molar refractivity (Wildman–Crippen MR) is 73.5 cm³/mol. The highest BCUT2D eigenvalue weighted by atomic mass is 16.2. The predicted octanol–water partition coefficient (Wildman–Crippen LogP) is 0.975. The van der Waals surface area contributed by atoms with Crippen LogP contribution in [0.25, 0.3) is 0 Å². The first kappa shape index (κ1) is 13.8. The molecule has 4 nitrogen and oxygen atoms in total. The van der Waals surface area contributed by atoms with Crippen LogP contribution in [0.1, 0.15) is 39.0 Å². The number of hydrogen-bond acceptors (Lipinski definition) is 3. The van der Waals surface area contributed by atoms with Gasteiger partial charge in [-0.2, -0.15) is 0 Å². The number of carbonyl (C=O) groups excluding carboxylic acids is 1. The number of nitrogens with one attached hydrogen (secondary N) is 2. The normalized spacial score (nSPS) is 34.2. The van der Waals surface area contributed by atoms with Crippen molar-refractivity contribution in [2.45, 2.75) is 51.1 Å². The van der Waals surface area contributed by atoms with Gasteiger partial charge in [0.05, 0.1) is 6.04 Å². The van der Waals surface area contributed by atoms with Crippen molar-refractivity contribution in [3.8, 4) is 0 Å². The maximum atomic E-state index is 12.2. The largest absolute Gasteiger partial charge is 0.353 e. The average Bonchev–Trinajstić information content (AvgIpc) is 2.38. The Hall–Kier alpha value is -0.610. The Kier molecular flexibility index (Phi) is 5.01. The van der Waals surface area contributed by atoms with Crippen LogP contribution >= 0.6 is 0 Å². The van der Waals surface area contributed by atoms with Crippen LogP contribution in [0.15, 0.2) is 0 Å². The van der Waals surface area contributed by atoms with E-state index in [1.165, 1.54) is 32.2 Å². The van der Waals surface area contributed by atoms with Crippen LogP contribution in [-0.4, -0.2) is 49.6 Å². The van der Waals surface area contributed by atoms with Gasteiger partial charge in [0.1, 0.15) is 0 Å². The van der Waals surface area contributed by atoms with Gasteiger partial charge >= 0.3 is 0 Å². The van der Waals surface area contributed by atoms with Gasteiger partial charge in [-0.05, 0) is 51.7 Å². The molecule has 0 bridgehead atoms. The molecule has 1 amide bonds. The molecular weight excluding hydrogens is 226 g/mol. The van der Waals surface area contributed by atoms with E-state index in [1.54, 1.807) is 0 Å². The summed E-state index contributed by atoms with van der Waals surface area (Å²) in [6, 6.07) is 0.550. The molecule has 3 unspecified atom stereocenters. The third-order valence-corrected chi connectivity index (χ3v) is 4.49. The summed E-state index contributed by atoms with van der Waals surface area (Å²) in [5.74, 6) is 0.656. The van der Waals surface area contributed by atoms with E-state index in [1.807, 2.05) is 0 Å². The molecule has 0 aromatic carbocycles. The van der Waals surface area contributed by atoms with Crippen molar-refractivity contribution in [3.05, 3.63) is 0 Å². The molecule has 2 heterocycles. The Balaban J connectivity index is 1.76. The van der Waals surface area contributed by atoms with Crippen molar-refractivity contribution in [3.63, 3.8) is 0 Å². The first-order valence-electron chi connectivity index (χ1n) is 7.40. The van der Waals surface area contributed by atoms with E-state index in [0.717, 1.165) is 19.5 Å². The molecule has 2 aliphatic heterocycles. The lowest BCUT2D eigenvalue weighted by atomic mass is 9.92. The van der Waals surface area contributed by atoms with Crippen LogP contribution in [0.4, 0.5) is 0 Å². The summed E-state index contributed by atoms with van der Waals surface area (Å²) in [7, 11) is 2.16. The van der Waals surface area contributed by atoms with Crippen LogP contribution < -0.4 is 10.6 Å². The monoisotopic (exact) mass is 253 g/mol. The zero-order chi connectivity index (χ0) is 13.0. The molecule has 0 radical (unpaired) electrons. The SMILES string of the molecule is CC1CCCNC1C(=O)NCC1CCCCN1C. The van der Waals surface area contributed by atoms with Crippen molar-refractivity contribution >= 4 is 5.91 Å². The second kappa shape index (κ2) is 6.53. The summed E-state index contributed by atoms with van der Waals surface area (Å²) in [5, 5.41) is 6.48. The van der Waals surface area contributed by atoms with Crippen molar-refractivity contribution in [2.75, 3.05) is 26.7 Å². The standard InChI is InChI=1S/C14H27N3O/c1-11-6-5-8-15-13(11)14(18)16-10-12-7-3-4-9-17(12)2/h11-13,15H,3-10H2,1-2H3,(H,16,18). The number of hydrogen-bond donors (Lipinski definition) is 2. The Labute approximate surface area is 110 Å². The third kappa shape index (κ3) is 3.45. The van der Waals surface area contributed by atoms with Crippen LogP contribution in [0.3, 0.4) is 0 Å². The third-order valence-electron chi connectivity index (χ3n) is 4.49. The number of rotatable bonds is 3. The maximum absolute atomic E-state index is 12.2. The van der Waals surface area contributed by atoms with E-state index in [2.05, 4.69) is 29.5 Å². The van der Waals surface area contributed by atoms with Crippen LogP contribution in [0.5, 0.6) is 0 Å². The minimum atomic E-state index is 0.0210. The number of amides is 1. The molecule has 4 heteroatoms. The minimum absolute atomic E-state index is 0.0210. The molecule has 0 aliphatic carbocycles. The Morgan fingerprint density at radius 1 is 1.33 bits per heavy atom. The zero-order valence-electron chi connectivity index (χ0n) is 11.7. The van der Waals surface area contributed by atoms with Gasteiger partial charge in [0, 0.05) is 12.6 Å². The van der Waals surface area contributed by atoms with E-state index in [0.29, 0.717) is 12.0 Å². The summed E-state index contributed by atoms with van der Waals surface area (Å²) in [6.07, 6.45) is 6.15. The van der Waals surface area contributed by atoms with E-state index < -0.39 is 0 Å². The zero-order valence-corrected chi connectivity index (χ0v) is 11.7. The highest BCUT2D eigenvalue weighted by Gasteiger charge is 2.28. The van der Waals surface area contributed by atoms with Gasteiger partial charge < -0.3 is 15.5 Å². The summed E-state index contributed by atoms with van der Waals surface area (Å²) < 4.78 is 0. The number of likely N-dealkylation sites (N-methyl/N-ethyl adjacent to an activating group) is 1. The molecule has 2 aliphatic rings. The molecule has 0 spiro atoms. The average molecular weight is 253 g/mol. The van der Waals surface area contributed by atoms with Gasteiger partial charge in [0.2, 0.25) is 5.91 Å². The first-order chi connectivity index (χ1) is 8.68. The van der Waals surface area contributed by atoms with Gasteiger partial charge in [0.15, 0.2) is 0 Å². The molecule has 2 fully saturated rings. The Morgan fingerprint density at radius 2 is 2.17 bits per heavy atom. The molecule has 104 valence electrons. The summed E-state index contributed by atoms with van der Waals surface area (Å²) in [5.41, 5.74) is 0. The van der Waals surface area contributed by atoms with E-state index in [9.17, 15) is 4.79 Å². The lowest BCUT2D eigenvalue weighted by Gasteiger charge is -2.34. The van der Waals surface area contributed by atoms with Crippen LogP contribution in [-0.2, 0) is 4.79 Å². The lowest BCUT2D eigenvalue weighted by Crippen LogP contribution is -2.53. The first-order valence-corrected chi connectivity index (χ1v) is 7.40. The minimum Gasteiger partial charge on any atom is -0.353 e. The smallest absolute Gasteiger partial charge is 0.237 e. The van der Waals surface area contributed by atoms with Crippen molar-refractivity contribution in [1.82, 2.24) is 15.5 Å². The van der Waals surface area contributed by atoms with Crippen molar-refractivity contribution in [1.29, 1.82) is 0 Å². The quantitative estimate of drug-likeness (QED) is 0.788. The molecular formula is C14H27N3O. The van der Waals surface area contributed by atoms with Gasteiger partial charge in [0.25, 0.3) is 0 Å². The lowest BCUT2D eigenvalue weighted by molar-refractivity contribution is -0.125. The molecule has 0 aromatic heterocycles. The summed E-state index contributed by atoms with van der Waals surface area (Å²) in [4.78, 5) is 14.5. The highest BCUT2D eigenvalue weighted by Crippen LogP contribution is 2.16. The molecule has 0 aromatic rings. The van der Waals surface area contributed by atoms with E-state index in [4.69, 9.17) is 0 Å². The summed E-state index contributed by atoms with van der Waals surface area (Å²) in [6.45, 7) is 5.12. The van der Waals surface area contributed by atoms with E-state index in [-0.39, 0.29) is 11.9 Å². The molecule has 3 atom stereocenters. The van der Waals surface area contributed by atoms with Crippen molar-refractivity contribution in [2.24, 2.45) is 5.92 Å². The van der Waals surface area contributed by atoms with E-state index >= 15 is 0 Å². The second-order valence-electron chi connectivity index (χ2n) is 5.93. The van der Waals surface area contributed by atoms with Gasteiger partial charge in [-0.15, -0.1) is 0 Å². The topological polar surface area (TPSA) is 44.4 Å². The number of nitrogens with zero attached hydrogens (tertiary/aromatic N) is 1. The second-order valence-corrected chi connectivity index (χ2v) is 5.93. The molecule has 0 saturated carbocycles. The molecule has 2 saturated heterocycles. The van der Waals surface area contributed by atoms with Gasteiger partial charge in [-0.3, -0.25) is 4.79 Å². The van der Waals surface area contributed by atoms with Gasteiger partial charge in [-0.1, -0.05) is 13.3 Å². The fraction of sp³-hybridized carbons (Fsp3) is 0.929. The number of carbonyl (C=O) groups is 1.